The maximum absolute atomic E-state index is 13.3. The number of piperazine rings is 1. The zero-order valence-corrected chi connectivity index (χ0v) is 17.9. The summed E-state index contributed by atoms with van der Waals surface area (Å²) >= 11 is 10.6. The van der Waals surface area contributed by atoms with Crippen molar-refractivity contribution in [3.05, 3.63) is 55.9 Å². The molecule has 0 N–H and O–H groups in total. The van der Waals surface area contributed by atoms with Gasteiger partial charge in [-0.25, -0.2) is 12.8 Å². The second-order valence-corrected chi connectivity index (χ2v) is 10.6. The number of nitrogens with zero attached hydrogens (tertiary/aromatic N) is 2. The molecule has 1 aliphatic rings. The molecule has 1 saturated heterocycles. The number of amides is 1. The minimum atomic E-state index is -3.78. The molecular formula is C17H15BrClFN2O3S2. The van der Waals surface area contributed by atoms with E-state index in [9.17, 15) is 17.6 Å². The molecule has 0 atom stereocenters. The van der Waals surface area contributed by atoms with E-state index >= 15 is 0 Å². The third kappa shape index (κ3) is 4.78. The van der Waals surface area contributed by atoms with Crippen LogP contribution >= 0.6 is 38.9 Å². The normalized spacial score (nSPS) is 16.2. The van der Waals surface area contributed by atoms with Crippen molar-refractivity contribution >= 4 is 60.9 Å². The number of benzene rings is 1. The third-order valence-corrected chi connectivity index (χ3v) is 7.84. The molecule has 1 amide bonds. The Morgan fingerprint density at radius 3 is 2.48 bits per heavy atom. The van der Waals surface area contributed by atoms with Crippen molar-refractivity contribution in [2.45, 2.75) is 4.90 Å². The molecule has 144 valence electrons. The molecule has 0 bridgehead atoms. The smallest absolute Gasteiger partial charge is 0.246 e. The number of hydrogen-bond acceptors (Lipinski definition) is 4. The Morgan fingerprint density at radius 1 is 1.19 bits per heavy atom. The van der Waals surface area contributed by atoms with Crippen molar-refractivity contribution in [3.63, 3.8) is 0 Å². The SMILES string of the molecule is O=C(/C=C/c1ccc(Br)s1)N1CCN(S(=O)(=O)c2ccc(F)c(Cl)c2)CC1. The molecule has 27 heavy (non-hydrogen) atoms. The van der Waals surface area contributed by atoms with E-state index in [1.54, 1.807) is 11.0 Å². The molecule has 1 aromatic carbocycles. The molecule has 5 nitrogen and oxygen atoms in total. The van der Waals surface area contributed by atoms with Crippen LogP contribution in [0.15, 0.2) is 45.1 Å². The Kier molecular flexibility index (Phi) is 6.37. The van der Waals surface area contributed by atoms with Crippen LogP contribution in [0.5, 0.6) is 0 Å². The number of carbonyl (C=O) groups excluding carboxylic acids is 1. The molecular weight excluding hydrogens is 479 g/mol. The lowest BCUT2D eigenvalue weighted by atomic mass is 10.3. The molecule has 2 heterocycles. The van der Waals surface area contributed by atoms with Gasteiger partial charge in [-0.2, -0.15) is 4.31 Å². The quantitative estimate of drug-likeness (QED) is 0.608. The van der Waals surface area contributed by atoms with Crippen molar-refractivity contribution in [2.75, 3.05) is 26.2 Å². The van der Waals surface area contributed by atoms with Gasteiger partial charge < -0.3 is 4.90 Å². The Bertz CT molecular complexity index is 986. The fourth-order valence-corrected chi connectivity index (χ4v) is 5.63. The highest BCUT2D eigenvalue weighted by Crippen LogP contribution is 2.24. The predicted molar refractivity (Wildman–Crippen MR) is 108 cm³/mol. The average molecular weight is 494 g/mol. The standard InChI is InChI=1S/C17H15BrClFN2O3S2/c18-16-5-1-12(26-16)2-6-17(23)21-7-9-22(10-8-21)27(24,25)13-3-4-15(20)14(19)11-13/h1-6,11H,7-10H2/b6-2+. The maximum Gasteiger partial charge on any atom is 0.246 e. The summed E-state index contributed by atoms with van der Waals surface area (Å²) in [5.41, 5.74) is 0. The molecule has 0 unspecified atom stereocenters. The molecule has 1 aromatic heterocycles. The van der Waals surface area contributed by atoms with Gasteiger partial charge in [-0.3, -0.25) is 4.79 Å². The largest absolute Gasteiger partial charge is 0.337 e. The summed E-state index contributed by atoms with van der Waals surface area (Å²) in [6.45, 7) is 0.903. The molecule has 2 aromatic rings. The first-order valence-electron chi connectivity index (χ1n) is 7.95. The number of sulfonamides is 1. The predicted octanol–water partition coefficient (Wildman–Crippen LogP) is 3.85. The molecule has 0 aliphatic carbocycles. The summed E-state index contributed by atoms with van der Waals surface area (Å²) in [7, 11) is -3.78. The molecule has 10 heteroatoms. The van der Waals surface area contributed by atoms with Crippen LogP contribution in [0.4, 0.5) is 4.39 Å². The lowest BCUT2D eigenvalue weighted by molar-refractivity contribution is -0.127. The summed E-state index contributed by atoms with van der Waals surface area (Å²) in [4.78, 5) is 14.8. The van der Waals surface area contributed by atoms with Gasteiger partial charge in [0.2, 0.25) is 15.9 Å². The van der Waals surface area contributed by atoms with Gasteiger partial charge in [0.1, 0.15) is 5.82 Å². The number of hydrogen-bond donors (Lipinski definition) is 0. The van der Waals surface area contributed by atoms with E-state index in [0.29, 0.717) is 0 Å². The zero-order valence-electron chi connectivity index (χ0n) is 13.9. The van der Waals surface area contributed by atoms with E-state index < -0.39 is 15.8 Å². The van der Waals surface area contributed by atoms with E-state index in [1.807, 2.05) is 12.1 Å². The minimum absolute atomic E-state index is 0.0585. The van der Waals surface area contributed by atoms with Gasteiger partial charge in [-0.15, -0.1) is 11.3 Å². The van der Waals surface area contributed by atoms with E-state index in [1.165, 1.54) is 27.8 Å². The van der Waals surface area contributed by atoms with Gasteiger partial charge >= 0.3 is 0 Å². The fraction of sp³-hybridized carbons (Fsp3) is 0.235. The van der Waals surface area contributed by atoms with Gasteiger partial charge in [0.25, 0.3) is 0 Å². The van der Waals surface area contributed by atoms with Crippen LogP contribution in [0.1, 0.15) is 4.88 Å². The van der Waals surface area contributed by atoms with Crippen molar-refractivity contribution in [1.82, 2.24) is 9.21 Å². The first kappa shape index (κ1) is 20.5. The van der Waals surface area contributed by atoms with Crippen LogP contribution in [0.2, 0.25) is 5.02 Å². The average Bonchev–Trinajstić information content (AvgIpc) is 3.07. The summed E-state index contributed by atoms with van der Waals surface area (Å²) < 4.78 is 40.9. The summed E-state index contributed by atoms with van der Waals surface area (Å²) in [6, 6.07) is 7.13. The Balaban J connectivity index is 1.63. The lowest BCUT2D eigenvalue weighted by Crippen LogP contribution is -2.50. The van der Waals surface area contributed by atoms with Gasteiger partial charge in [-0.1, -0.05) is 11.6 Å². The van der Waals surface area contributed by atoms with Crippen LogP contribution in [0.25, 0.3) is 6.08 Å². The number of carbonyl (C=O) groups is 1. The highest BCUT2D eigenvalue weighted by molar-refractivity contribution is 9.11. The van der Waals surface area contributed by atoms with Crippen molar-refractivity contribution in [2.24, 2.45) is 0 Å². The summed E-state index contributed by atoms with van der Waals surface area (Å²) in [6.07, 6.45) is 3.23. The highest BCUT2D eigenvalue weighted by atomic mass is 79.9. The van der Waals surface area contributed by atoms with E-state index in [0.717, 1.165) is 20.8 Å². The summed E-state index contributed by atoms with van der Waals surface area (Å²) in [5.74, 6) is -0.836. The van der Waals surface area contributed by atoms with Crippen molar-refractivity contribution in [1.29, 1.82) is 0 Å². The Hall–Kier alpha value is -1.26. The van der Waals surface area contributed by atoms with Crippen LogP contribution < -0.4 is 0 Å². The molecule has 0 radical (unpaired) electrons. The molecule has 1 fully saturated rings. The number of thiophene rings is 1. The van der Waals surface area contributed by atoms with E-state index in [-0.39, 0.29) is 42.0 Å². The van der Waals surface area contributed by atoms with Gasteiger partial charge in [0.05, 0.1) is 13.7 Å². The lowest BCUT2D eigenvalue weighted by Gasteiger charge is -2.33. The Morgan fingerprint density at radius 2 is 1.89 bits per heavy atom. The first-order valence-corrected chi connectivity index (χ1v) is 11.4. The van der Waals surface area contributed by atoms with Crippen LogP contribution in [0.3, 0.4) is 0 Å². The second kappa shape index (κ2) is 8.40. The minimum Gasteiger partial charge on any atom is -0.337 e. The van der Waals surface area contributed by atoms with E-state index in [2.05, 4.69) is 15.9 Å². The van der Waals surface area contributed by atoms with E-state index in [4.69, 9.17) is 11.6 Å². The van der Waals surface area contributed by atoms with Gasteiger partial charge in [0, 0.05) is 37.1 Å². The molecule has 1 aliphatic heterocycles. The highest BCUT2D eigenvalue weighted by Gasteiger charge is 2.30. The summed E-state index contributed by atoms with van der Waals surface area (Å²) in [5, 5.41) is -0.241. The third-order valence-electron chi connectivity index (χ3n) is 4.06. The van der Waals surface area contributed by atoms with Gasteiger partial charge in [-0.05, 0) is 52.3 Å². The monoisotopic (exact) mass is 492 g/mol. The van der Waals surface area contributed by atoms with Crippen LogP contribution in [-0.2, 0) is 14.8 Å². The van der Waals surface area contributed by atoms with Crippen LogP contribution in [0, 0.1) is 5.82 Å². The first-order chi connectivity index (χ1) is 12.8. The van der Waals surface area contributed by atoms with Crippen molar-refractivity contribution < 1.29 is 17.6 Å². The Labute approximate surface area is 174 Å². The molecule has 0 saturated carbocycles. The number of halogens is 3. The zero-order chi connectivity index (χ0) is 19.6. The molecule has 3 rings (SSSR count). The topological polar surface area (TPSA) is 57.7 Å². The van der Waals surface area contributed by atoms with Crippen molar-refractivity contribution in [3.8, 4) is 0 Å². The van der Waals surface area contributed by atoms with Crippen LogP contribution in [-0.4, -0.2) is 49.7 Å². The fourth-order valence-electron chi connectivity index (χ4n) is 2.61. The second-order valence-electron chi connectivity index (χ2n) is 5.78. The number of rotatable bonds is 4. The van der Waals surface area contributed by atoms with Gasteiger partial charge in [0.15, 0.2) is 0 Å². The molecule has 0 spiro atoms. The maximum atomic E-state index is 13.3.